The third-order valence-corrected chi connectivity index (χ3v) is 5.49. The number of rotatable bonds is 3. The number of hydrogen-bond donors (Lipinski definition) is 2. The summed E-state index contributed by atoms with van der Waals surface area (Å²) in [6.07, 6.45) is 4.12. The van der Waals surface area contributed by atoms with Gasteiger partial charge in [0.25, 0.3) is 0 Å². The van der Waals surface area contributed by atoms with Crippen molar-refractivity contribution in [3.05, 3.63) is 0 Å². The van der Waals surface area contributed by atoms with Gasteiger partial charge in [-0.3, -0.25) is 9.59 Å². The van der Waals surface area contributed by atoms with Gasteiger partial charge in [0.15, 0.2) is 0 Å². The van der Waals surface area contributed by atoms with Gasteiger partial charge in [0.2, 0.25) is 0 Å². The lowest BCUT2D eigenvalue weighted by Gasteiger charge is -2.50. The van der Waals surface area contributed by atoms with E-state index in [1.165, 1.54) is 0 Å². The highest BCUT2D eigenvalue weighted by Gasteiger charge is 2.51. The molecule has 2 aliphatic carbocycles. The zero-order valence-electron chi connectivity index (χ0n) is 11.7. The zero-order valence-corrected chi connectivity index (χ0v) is 11.7. The predicted molar refractivity (Wildman–Crippen MR) is 70.6 cm³/mol. The molecular weight excluding hydrogens is 244 g/mol. The topological polar surface area (TPSA) is 74.6 Å². The van der Waals surface area contributed by atoms with Gasteiger partial charge in [-0.05, 0) is 42.9 Å². The summed E-state index contributed by atoms with van der Waals surface area (Å²) in [6, 6.07) is 0. The number of carbonyl (C=O) groups is 2. The highest BCUT2D eigenvalue weighted by atomic mass is 16.4. The second-order valence-corrected chi connectivity index (χ2v) is 6.35. The van der Waals surface area contributed by atoms with Gasteiger partial charge in [0.1, 0.15) is 0 Å². The van der Waals surface area contributed by atoms with E-state index in [1.807, 2.05) is 0 Å². The first-order chi connectivity index (χ1) is 8.97. The van der Waals surface area contributed by atoms with Gasteiger partial charge in [0.05, 0.1) is 11.8 Å². The molecule has 19 heavy (non-hydrogen) atoms. The van der Waals surface area contributed by atoms with Gasteiger partial charge in [-0.2, -0.15) is 0 Å². The van der Waals surface area contributed by atoms with E-state index in [-0.39, 0.29) is 23.7 Å². The predicted octanol–water partition coefficient (Wildman–Crippen LogP) is 2.87. The van der Waals surface area contributed by atoms with Crippen molar-refractivity contribution >= 4 is 11.9 Å². The molecule has 0 aliphatic heterocycles. The monoisotopic (exact) mass is 268 g/mol. The molecule has 2 aliphatic rings. The van der Waals surface area contributed by atoms with E-state index in [4.69, 9.17) is 0 Å². The first kappa shape index (κ1) is 14.4. The van der Waals surface area contributed by atoms with Crippen LogP contribution in [0.25, 0.3) is 0 Å². The SMILES string of the molecule is CCC1C(C)CC(C(=O)O)C2CCCC(C(=O)O)C12. The molecule has 6 atom stereocenters. The van der Waals surface area contributed by atoms with Crippen molar-refractivity contribution in [2.24, 2.45) is 35.5 Å². The Bertz CT molecular complexity index is 365. The molecule has 2 fully saturated rings. The minimum absolute atomic E-state index is 0.0566. The van der Waals surface area contributed by atoms with Crippen molar-refractivity contribution in [3.8, 4) is 0 Å². The highest BCUT2D eigenvalue weighted by molar-refractivity contribution is 5.73. The van der Waals surface area contributed by atoms with Crippen molar-refractivity contribution in [2.75, 3.05) is 0 Å². The van der Waals surface area contributed by atoms with E-state index in [0.717, 1.165) is 19.3 Å². The molecule has 2 saturated carbocycles. The van der Waals surface area contributed by atoms with Crippen molar-refractivity contribution in [1.82, 2.24) is 0 Å². The Morgan fingerprint density at radius 2 is 1.74 bits per heavy atom. The molecule has 0 heterocycles. The maximum atomic E-state index is 11.5. The fourth-order valence-electron chi connectivity index (χ4n) is 4.72. The molecule has 4 heteroatoms. The molecule has 6 unspecified atom stereocenters. The minimum Gasteiger partial charge on any atom is -0.481 e. The average Bonchev–Trinajstić information content (AvgIpc) is 2.36. The Balaban J connectivity index is 2.33. The second kappa shape index (κ2) is 5.51. The van der Waals surface area contributed by atoms with Crippen molar-refractivity contribution in [2.45, 2.75) is 46.0 Å². The van der Waals surface area contributed by atoms with E-state index in [2.05, 4.69) is 13.8 Å². The molecule has 0 aromatic carbocycles. The van der Waals surface area contributed by atoms with Crippen LogP contribution < -0.4 is 0 Å². The molecule has 0 radical (unpaired) electrons. The van der Waals surface area contributed by atoms with Gasteiger partial charge in [-0.15, -0.1) is 0 Å². The van der Waals surface area contributed by atoms with Crippen LogP contribution in [-0.4, -0.2) is 22.2 Å². The molecule has 0 saturated heterocycles. The third-order valence-electron chi connectivity index (χ3n) is 5.49. The van der Waals surface area contributed by atoms with Gasteiger partial charge in [-0.25, -0.2) is 0 Å². The van der Waals surface area contributed by atoms with Crippen LogP contribution in [0.5, 0.6) is 0 Å². The summed E-state index contributed by atoms with van der Waals surface area (Å²) in [5.74, 6) is -1.35. The van der Waals surface area contributed by atoms with E-state index >= 15 is 0 Å². The molecule has 0 amide bonds. The summed E-state index contributed by atoms with van der Waals surface area (Å²) in [7, 11) is 0. The van der Waals surface area contributed by atoms with Gasteiger partial charge < -0.3 is 10.2 Å². The maximum Gasteiger partial charge on any atom is 0.306 e. The molecule has 2 rings (SSSR count). The van der Waals surface area contributed by atoms with Crippen LogP contribution in [0.2, 0.25) is 0 Å². The maximum absolute atomic E-state index is 11.5. The van der Waals surface area contributed by atoms with Crippen molar-refractivity contribution in [1.29, 1.82) is 0 Å². The normalized spacial score (nSPS) is 42.4. The average molecular weight is 268 g/mol. The fraction of sp³-hybridized carbons (Fsp3) is 0.867. The molecule has 2 N–H and O–H groups in total. The first-order valence-corrected chi connectivity index (χ1v) is 7.43. The smallest absolute Gasteiger partial charge is 0.306 e. The second-order valence-electron chi connectivity index (χ2n) is 6.35. The quantitative estimate of drug-likeness (QED) is 0.825. The number of carboxylic acid groups (broad SMARTS) is 2. The van der Waals surface area contributed by atoms with Crippen molar-refractivity contribution < 1.29 is 19.8 Å². The third kappa shape index (κ3) is 2.49. The van der Waals surface area contributed by atoms with Gasteiger partial charge in [-0.1, -0.05) is 26.7 Å². The molecule has 4 nitrogen and oxygen atoms in total. The number of hydrogen-bond acceptors (Lipinski definition) is 2. The van der Waals surface area contributed by atoms with Crippen LogP contribution in [0.1, 0.15) is 46.0 Å². The van der Waals surface area contributed by atoms with Gasteiger partial charge >= 0.3 is 11.9 Å². The summed E-state index contributed by atoms with van der Waals surface area (Å²) >= 11 is 0. The lowest BCUT2D eigenvalue weighted by atomic mass is 9.54. The Labute approximate surface area is 114 Å². The van der Waals surface area contributed by atoms with Crippen LogP contribution in [0.15, 0.2) is 0 Å². The standard InChI is InChI=1S/C15H24O4/c1-3-9-8(2)7-12(15(18)19)10-5-4-6-11(13(9)10)14(16)17/h8-13H,3-7H2,1-2H3,(H,16,17)(H,18,19). The zero-order chi connectivity index (χ0) is 14.2. The molecular formula is C15H24O4. The van der Waals surface area contributed by atoms with Crippen LogP contribution in [0.3, 0.4) is 0 Å². The lowest BCUT2D eigenvalue weighted by molar-refractivity contribution is -0.160. The summed E-state index contributed by atoms with van der Waals surface area (Å²) in [5, 5.41) is 18.9. The first-order valence-electron chi connectivity index (χ1n) is 7.43. The molecule has 0 aromatic rings. The van der Waals surface area contributed by atoms with Crippen LogP contribution in [0.4, 0.5) is 0 Å². The van der Waals surface area contributed by atoms with E-state index < -0.39 is 11.9 Å². The Morgan fingerprint density at radius 3 is 2.26 bits per heavy atom. The fourth-order valence-corrected chi connectivity index (χ4v) is 4.72. The molecule has 0 bridgehead atoms. The Kier molecular flexibility index (Phi) is 4.16. The molecule has 0 aromatic heterocycles. The van der Waals surface area contributed by atoms with Crippen LogP contribution in [0, 0.1) is 35.5 Å². The van der Waals surface area contributed by atoms with Crippen molar-refractivity contribution in [3.63, 3.8) is 0 Å². The molecule has 0 spiro atoms. The van der Waals surface area contributed by atoms with E-state index in [0.29, 0.717) is 24.7 Å². The highest BCUT2D eigenvalue weighted by Crippen LogP contribution is 2.52. The summed E-state index contributed by atoms with van der Waals surface area (Å²) in [6.45, 7) is 4.20. The summed E-state index contributed by atoms with van der Waals surface area (Å²) < 4.78 is 0. The Morgan fingerprint density at radius 1 is 1.11 bits per heavy atom. The Hall–Kier alpha value is -1.06. The van der Waals surface area contributed by atoms with E-state index in [1.54, 1.807) is 0 Å². The van der Waals surface area contributed by atoms with E-state index in [9.17, 15) is 19.8 Å². The molecule has 108 valence electrons. The minimum atomic E-state index is -0.734. The number of fused-ring (bicyclic) bond motifs is 1. The number of carboxylic acids is 2. The van der Waals surface area contributed by atoms with Gasteiger partial charge in [0, 0.05) is 0 Å². The largest absolute Gasteiger partial charge is 0.481 e. The van der Waals surface area contributed by atoms with Crippen LogP contribution >= 0.6 is 0 Å². The van der Waals surface area contributed by atoms with Crippen LogP contribution in [-0.2, 0) is 9.59 Å². The number of aliphatic carboxylic acids is 2. The lowest BCUT2D eigenvalue weighted by Crippen LogP contribution is -2.49. The summed E-state index contributed by atoms with van der Waals surface area (Å²) in [4.78, 5) is 23.0. The summed E-state index contributed by atoms with van der Waals surface area (Å²) in [5.41, 5.74) is 0.